The number of aryl methyl sites for hydroxylation is 1. The van der Waals surface area contributed by atoms with Crippen LogP contribution in [0.3, 0.4) is 0 Å². The summed E-state index contributed by atoms with van der Waals surface area (Å²) in [4.78, 5) is 46.6. The number of rotatable bonds is 7. The van der Waals surface area contributed by atoms with Gasteiger partial charge in [0.1, 0.15) is 0 Å². The molecule has 47 heavy (non-hydrogen) atoms. The minimum Gasteiger partial charge on any atom is -0.394 e. The van der Waals surface area contributed by atoms with Crippen molar-refractivity contribution in [2.75, 3.05) is 23.0 Å². The summed E-state index contributed by atoms with van der Waals surface area (Å²) in [5.41, 5.74) is 2.96. The maximum atomic E-state index is 16.2. The molecule has 0 aromatic heterocycles. The number of hydrogen-bond acceptors (Lipinski definition) is 5. The maximum absolute atomic E-state index is 16.2. The highest BCUT2D eigenvalue weighted by molar-refractivity contribution is 6.72. The predicted molar refractivity (Wildman–Crippen MR) is 180 cm³/mol. The predicted octanol–water partition coefficient (Wildman–Crippen LogP) is 5.99. The summed E-state index contributed by atoms with van der Waals surface area (Å²) in [6.45, 7) is 5.85. The number of carbonyl (C=O) groups excluding carboxylic acids is 3. The number of aliphatic hydroxyl groups is 1. The quantitative estimate of drug-likeness (QED) is 0.250. The lowest BCUT2D eigenvalue weighted by Gasteiger charge is -2.31. The standard InChI is InChI=1S/C37H42FN3O5Si/c1-24-35(47(2,3)38)32(21-34(44)39-19-9-13-28(39)23-42)46-37(24)29-14-5-7-16-31(29)40(36(37)45)22-25-10-8-12-27(20-25)41-30-15-6-4-11-26(30)17-18-33(41)43/h4-8,10-12,14-16,20,24,28,32,35,42H,9,13,17-19,21-23H2,1-3H3/t24-,28+,32+,35-,37+/m1/s1. The van der Waals surface area contributed by atoms with E-state index in [4.69, 9.17) is 4.74 Å². The third kappa shape index (κ3) is 5.21. The molecule has 2 fully saturated rings. The van der Waals surface area contributed by atoms with E-state index in [1.807, 2.05) is 79.7 Å². The van der Waals surface area contributed by atoms with Gasteiger partial charge in [-0.25, -0.2) is 0 Å². The molecule has 4 heterocycles. The van der Waals surface area contributed by atoms with Crippen LogP contribution in [0, 0.1) is 5.92 Å². The van der Waals surface area contributed by atoms with Gasteiger partial charge in [0.15, 0.2) is 5.60 Å². The molecule has 0 unspecified atom stereocenters. The molecule has 246 valence electrons. The first-order valence-corrected chi connectivity index (χ1v) is 19.7. The number of benzene rings is 3. The Morgan fingerprint density at radius 1 is 1.02 bits per heavy atom. The minimum absolute atomic E-state index is 0.0273. The van der Waals surface area contributed by atoms with Gasteiger partial charge in [-0.2, -0.15) is 0 Å². The number of fused-ring (bicyclic) bond motifs is 3. The van der Waals surface area contributed by atoms with Crippen molar-refractivity contribution in [2.24, 2.45) is 5.92 Å². The van der Waals surface area contributed by atoms with E-state index < -0.39 is 31.6 Å². The largest absolute Gasteiger partial charge is 0.394 e. The molecule has 0 aliphatic carbocycles. The van der Waals surface area contributed by atoms with Crippen LogP contribution in [-0.4, -0.2) is 61.4 Å². The van der Waals surface area contributed by atoms with E-state index in [-0.39, 0.29) is 43.3 Å². The molecular weight excluding hydrogens is 614 g/mol. The second-order valence-electron chi connectivity index (χ2n) is 14.0. The Morgan fingerprint density at radius 3 is 2.53 bits per heavy atom. The highest BCUT2D eigenvalue weighted by atomic mass is 28.4. The summed E-state index contributed by atoms with van der Waals surface area (Å²) in [7, 11) is -3.44. The molecule has 4 aliphatic heterocycles. The molecule has 1 spiro atoms. The lowest BCUT2D eigenvalue weighted by atomic mass is 9.82. The van der Waals surface area contributed by atoms with E-state index in [9.17, 15) is 19.5 Å². The molecule has 7 rings (SSSR count). The van der Waals surface area contributed by atoms with Crippen molar-refractivity contribution in [3.05, 3.63) is 89.5 Å². The van der Waals surface area contributed by atoms with Crippen LogP contribution in [0.1, 0.15) is 49.3 Å². The molecule has 2 saturated heterocycles. The number of carbonyl (C=O) groups is 3. The summed E-state index contributed by atoms with van der Waals surface area (Å²) in [6.07, 6.45) is 1.88. The summed E-state index contributed by atoms with van der Waals surface area (Å²) < 4.78 is 23.0. The van der Waals surface area contributed by atoms with Crippen LogP contribution in [0.25, 0.3) is 0 Å². The number of anilines is 3. The van der Waals surface area contributed by atoms with Crippen molar-refractivity contribution in [1.82, 2.24) is 4.90 Å². The maximum Gasteiger partial charge on any atom is 0.264 e. The number of amides is 3. The van der Waals surface area contributed by atoms with Gasteiger partial charge in [-0.05, 0) is 67.7 Å². The summed E-state index contributed by atoms with van der Waals surface area (Å²) >= 11 is 0. The van der Waals surface area contributed by atoms with Crippen molar-refractivity contribution >= 4 is 43.2 Å². The van der Waals surface area contributed by atoms with Crippen molar-refractivity contribution in [3.63, 3.8) is 0 Å². The van der Waals surface area contributed by atoms with Crippen molar-refractivity contribution in [2.45, 2.75) is 82.0 Å². The average Bonchev–Trinajstić information content (AvgIpc) is 3.71. The molecular formula is C37H42FN3O5Si. The number of hydrogen-bond donors (Lipinski definition) is 1. The average molecular weight is 656 g/mol. The van der Waals surface area contributed by atoms with Gasteiger partial charge >= 0.3 is 0 Å². The lowest BCUT2D eigenvalue weighted by molar-refractivity contribution is -0.150. The van der Waals surface area contributed by atoms with Crippen LogP contribution >= 0.6 is 0 Å². The fraction of sp³-hybridized carbons (Fsp3) is 0.432. The van der Waals surface area contributed by atoms with E-state index in [1.54, 1.807) is 27.8 Å². The molecule has 3 aromatic carbocycles. The third-order valence-corrected chi connectivity index (χ3v) is 13.2. The Labute approximate surface area is 276 Å². The topological polar surface area (TPSA) is 90.4 Å². The van der Waals surface area contributed by atoms with Gasteiger partial charge in [-0.15, -0.1) is 0 Å². The van der Waals surface area contributed by atoms with Gasteiger partial charge in [0.05, 0.1) is 43.1 Å². The zero-order valence-electron chi connectivity index (χ0n) is 27.2. The highest BCUT2D eigenvalue weighted by Gasteiger charge is 2.67. The van der Waals surface area contributed by atoms with Crippen LogP contribution in [0.4, 0.5) is 21.2 Å². The van der Waals surface area contributed by atoms with Crippen molar-refractivity contribution in [3.8, 4) is 0 Å². The molecule has 1 N–H and O–H groups in total. The van der Waals surface area contributed by atoms with Crippen LogP contribution in [-0.2, 0) is 37.7 Å². The molecule has 4 aliphatic rings. The van der Waals surface area contributed by atoms with Gasteiger partial charge < -0.3 is 23.8 Å². The van der Waals surface area contributed by atoms with Gasteiger partial charge in [0, 0.05) is 35.7 Å². The number of ether oxygens (including phenoxy) is 1. The van der Waals surface area contributed by atoms with Gasteiger partial charge in [0.2, 0.25) is 20.2 Å². The Bertz CT molecular complexity index is 1730. The van der Waals surface area contributed by atoms with Crippen LogP contribution in [0.5, 0.6) is 0 Å². The van der Waals surface area contributed by atoms with Crippen molar-refractivity contribution in [1.29, 1.82) is 0 Å². The molecule has 8 nitrogen and oxygen atoms in total. The molecule has 3 aromatic rings. The summed E-state index contributed by atoms with van der Waals surface area (Å²) in [5, 5.41) is 9.83. The Hall–Kier alpha value is -3.86. The number of aliphatic hydroxyl groups excluding tert-OH is 1. The third-order valence-electron chi connectivity index (χ3n) is 10.8. The number of likely N-dealkylation sites (tertiary alicyclic amines) is 1. The molecule has 10 heteroatoms. The van der Waals surface area contributed by atoms with E-state index in [0.717, 1.165) is 35.3 Å². The fourth-order valence-electron chi connectivity index (χ4n) is 8.69. The van der Waals surface area contributed by atoms with Crippen LogP contribution in [0.2, 0.25) is 18.6 Å². The molecule has 5 atom stereocenters. The zero-order chi connectivity index (χ0) is 33.1. The summed E-state index contributed by atoms with van der Waals surface area (Å²) in [5.74, 6) is -0.907. The van der Waals surface area contributed by atoms with Crippen LogP contribution < -0.4 is 9.80 Å². The molecule has 0 saturated carbocycles. The number of para-hydroxylation sites is 2. The van der Waals surface area contributed by atoms with E-state index in [2.05, 4.69) is 0 Å². The lowest BCUT2D eigenvalue weighted by Crippen LogP contribution is -2.45. The number of nitrogens with zero attached hydrogens (tertiary/aromatic N) is 3. The van der Waals surface area contributed by atoms with E-state index >= 15 is 4.11 Å². The monoisotopic (exact) mass is 655 g/mol. The molecule has 0 radical (unpaired) electrons. The minimum atomic E-state index is -3.44. The first-order valence-electron chi connectivity index (χ1n) is 16.7. The van der Waals surface area contributed by atoms with E-state index in [1.165, 1.54) is 0 Å². The Balaban J connectivity index is 1.21. The fourth-order valence-corrected chi connectivity index (χ4v) is 11.2. The first-order chi connectivity index (χ1) is 22.5. The van der Waals surface area contributed by atoms with E-state index in [0.29, 0.717) is 30.6 Å². The first kappa shape index (κ1) is 31.7. The zero-order valence-corrected chi connectivity index (χ0v) is 28.2. The summed E-state index contributed by atoms with van der Waals surface area (Å²) in [6, 6.07) is 22.9. The van der Waals surface area contributed by atoms with Gasteiger partial charge in [-0.1, -0.05) is 55.5 Å². The smallest absolute Gasteiger partial charge is 0.264 e. The van der Waals surface area contributed by atoms with Crippen LogP contribution in [0.15, 0.2) is 72.8 Å². The second kappa shape index (κ2) is 12.0. The van der Waals surface area contributed by atoms with Gasteiger partial charge in [0.25, 0.3) is 5.91 Å². The van der Waals surface area contributed by atoms with Gasteiger partial charge in [-0.3, -0.25) is 19.3 Å². The van der Waals surface area contributed by atoms with Crippen molar-refractivity contribution < 1.29 is 28.3 Å². The number of halogens is 1. The normalized spacial score (nSPS) is 27.1. The molecule has 0 bridgehead atoms. The SMILES string of the molecule is C[C@@H]1[C@@H]([Si](C)(C)F)[C@H](CC(=O)N2CCC[C@H]2CO)O[C@@]12C(=O)N(Cc1cccc(N3C(=O)CCc4ccccc43)c1)c1ccccc12. The molecule has 3 amide bonds. The Morgan fingerprint density at radius 2 is 1.77 bits per heavy atom. The second-order valence-corrected chi connectivity index (χ2v) is 17.8. The highest BCUT2D eigenvalue weighted by Crippen LogP contribution is 2.60. The Kier molecular flexibility index (Phi) is 8.09.